The summed E-state index contributed by atoms with van der Waals surface area (Å²) in [5.41, 5.74) is 6.32. The van der Waals surface area contributed by atoms with Crippen LogP contribution in [0.5, 0.6) is 0 Å². The van der Waals surface area contributed by atoms with Gasteiger partial charge in [0.2, 0.25) is 0 Å². The fraction of sp³-hybridized carbons (Fsp3) is 0.455. The summed E-state index contributed by atoms with van der Waals surface area (Å²) < 4.78 is 11.2. The molecule has 0 bridgehead atoms. The molecule has 0 aromatic carbocycles. The van der Waals surface area contributed by atoms with Crippen LogP contribution >= 0.6 is 0 Å². The molecule has 92 valence electrons. The van der Waals surface area contributed by atoms with E-state index in [0.717, 1.165) is 12.8 Å². The number of carbonyl (C=O) groups is 1. The van der Waals surface area contributed by atoms with Crippen molar-refractivity contribution >= 4 is 22.4 Å². The van der Waals surface area contributed by atoms with Gasteiger partial charge in [-0.05, 0) is 25.0 Å². The molecule has 1 aromatic rings. The van der Waals surface area contributed by atoms with Crippen LogP contribution in [0.4, 0.5) is 5.69 Å². The molecular formula is C11H15N3O2S. The van der Waals surface area contributed by atoms with Crippen LogP contribution in [0.1, 0.15) is 23.3 Å². The third-order valence-electron chi connectivity index (χ3n) is 2.78. The largest absolute Gasteiger partial charge is 0.397 e. The summed E-state index contributed by atoms with van der Waals surface area (Å²) in [6.45, 7) is 0. The van der Waals surface area contributed by atoms with E-state index in [0.29, 0.717) is 17.2 Å². The molecule has 1 aliphatic rings. The van der Waals surface area contributed by atoms with Crippen LogP contribution in [-0.2, 0) is 10.8 Å². The Morgan fingerprint density at radius 2 is 2.18 bits per heavy atom. The second-order valence-electron chi connectivity index (χ2n) is 4.04. The van der Waals surface area contributed by atoms with Crippen molar-refractivity contribution in [2.24, 2.45) is 0 Å². The number of hydrogen-bond donors (Lipinski definition) is 2. The van der Waals surface area contributed by atoms with Crippen molar-refractivity contribution in [1.82, 2.24) is 10.3 Å². The average Bonchev–Trinajstić information content (AvgIpc) is 2.32. The highest BCUT2D eigenvalue weighted by Gasteiger charge is 2.21. The highest BCUT2D eigenvalue weighted by Crippen LogP contribution is 2.12. The predicted octanol–water partition coefficient (Wildman–Crippen LogP) is 0.305. The lowest BCUT2D eigenvalue weighted by Crippen LogP contribution is -2.40. The number of nitrogens with two attached hydrogens (primary N) is 1. The van der Waals surface area contributed by atoms with E-state index in [-0.39, 0.29) is 17.6 Å². The smallest absolute Gasteiger partial charge is 0.272 e. The predicted molar refractivity (Wildman–Crippen MR) is 67.0 cm³/mol. The molecule has 1 aromatic heterocycles. The molecule has 1 amide bonds. The zero-order valence-electron chi connectivity index (χ0n) is 9.39. The lowest BCUT2D eigenvalue weighted by atomic mass is 10.1. The molecule has 1 fully saturated rings. The first-order chi connectivity index (χ1) is 8.16. The fourth-order valence-corrected chi connectivity index (χ4v) is 3.10. The van der Waals surface area contributed by atoms with E-state index >= 15 is 0 Å². The van der Waals surface area contributed by atoms with Crippen LogP contribution in [-0.4, -0.2) is 32.6 Å². The maximum atomic E-state index is 11.9. The van der Waals surface area contributed by atoms with Gasteiger partial charge >= 0.3 is 0 Å². The van der Waals surface area contributed by atoms with Crippen LogP contribution in [0.3, 0.4) is 0 Å². The molecule has 3 N–H and O–H groups in total. The van der Waals surface area contributed by atoms with Crippen molar-refractivity contribution in [3.05, 3.63) is 24.0 Å². The summed E-state index contributed by atoms with van der Waals surface area (Å²) in [6.07, 6.45) is 3.05. The van der Waals surface area contributed by atoms with E-state index in [4.69, 9.17) is 5.73 Å². The molecule has 0 aliphatic carbocycles. The average molecular weight is 253 g/mol. The first kappa shape index (κ1) is 12.0. The van der Waals surface area contributed by atoms with Crippen molar-refractivity contribution in [3.8, 4) is 0 Å². The third kappa shape index (κ3) is 3.03. The Labute approximate surface area is 102 Å². The quantitative estimate of drug-likeness (QED) is 0.794. The van der Waals surface area contributed by atoms with Crippen LogP contribution in [0.2, 0.25) is 0 Å². The number of pyridine rings is 1. The summed E-state index contributed by atoms with van der Waals surface area (Å²) in [5, 5.41) is 2.88. The van der Waals surface area contributed by atoms with Gasteiger partial charge < -0.3 is 11.1 Å². The monoisotopic (exact) mass is 253 g/mol. The van der Waals surface area contributed by atoms with Gasteiger partial charge in [0.15, 0.2) is 5.69 Å². The summed E-state index contributed by atoms with van der Waals surface area (Å²) in [6, 6.07) is 3.43. The Kier molecular flexibility index (Phi) is 3.73. The molecule has 0 unspecified atom stereocenters. The second kappa shape index (κ2) is 5.27. The number of aromatic nitrogens is 1. The number of nitrogens with one attached hydrogen (secondary N) is 1. The Bertz CT molecular complexity index is 440. The number of nitrogens with zero attached hydrogens (tertiary/aromatic N) is 1. The SMILES string of the molecule is Nc1cccnc1C(=O)NC1CCS(=O)CC1. The van der Waals surface area contributed by atoms with Crippen LogP contribution in [0, 0.1) is 0 Å². The highest BCUT2D eigenvalue weighted by molar-refractivity contribution is 7.85. The highest BCUT2D eigenvalue weighted by atomic mass is 32.2. The molecule has 0 atom stereocenters. The molecule has 6 heteroatoms. The Morgan fingerprint density at radius 1 is 1.47 bits per heavy atom. The number of rotatable bonds is 2. The van der Waals surface area contributed by atoms with Crippen LogP contribution < -0.4 is 11.1 Å². The summed E-state index contributed by atoms with van der Waals surface area (Å²) in [4.78, 5) is 15.8. The van der Waals surface area contributed by atoms with E-state index in [9.17, 15) is 9.00 Å². The Balaban J connectivity index is 1.98. The van der Waals surface area contributed by atoms with E-state index in [1.807, 2.05) is 0 Å². The molecule has 17 heavy (non-hydrogen) atoms. The maximum Gasteiger partial charge on any atom is 0.272 e. The number of nitrogen functional groups attached to an aromatic ring is 1. The van der Waals surface area contributed by atoms with Gasteiger partial charge in [-0.3, -0.25) is 9.00 Å². The van der Waals surface area contributed by atoms with Gasteiger partial charge in [0, 0.05) is 34.5 Å². The number of anilines is 1. The van der Waals surface area contributed by atoms with E-state index in [2.05, 4.69) is 10.3 Å². The normalized spacial score (nSPS) is 24.2. The first-order valence-electron chi connectivity index (χ1n) is 5.53. The van der Waals surface area contributed by atoms with Crippen molar-refractivity contribution in [2.45, 2.75) is 18.9 Å². The van der Waals surface area contributed by atoms with Crippen LogP contribution in [0.25, 0.3) is 0 Å². The van der Waals surface area contributed by atoms with Gasteiger partial charge in [-0.25, -0.2) is 4.98 Å². The first-order valence-corrected chi connectivity index (χ1v) is 7.02. The summed E-state index contributed by atoms with van der Waals surface area (Å²) in [5.74, 6) is 1.06. The zero-order valence-corrected chi connectivity index (χ0v) is 10.2. The minimum atomic E-state index is -0.716. The molecule has 1 saturated heterocycles. The molecule has 0 radical (unpaired) electrons. The number of hydrogen-bond acceptors (Lipinski definition) is 4. The third-order valence-corrected chi connectivity index (χ3v) is 4.16. The summed E-state index contributed by atoms with van der Waals surface area (Å²) >= 11 is 0. The van der Waals surface area contributed by atoms with Gasteiger partial charge in [-0.2, -0.15) is 0 Å². The lowest BCUT2D eigenvalue weighted by molar-refractivity contribution is 0.0930. The Hall–Kier alpha value is -1.43. The van der Waals surface area contributed by atoms with E-state index in [1.165, 1.54) is 0 Å². The number of carbonyl (C=O) groups excluding carboxylic acids is 1. The lowest BCUT2D eigenvalue weighted by Gasteiger charge is -2.22. The molecule has 0 saturated carbocycles. The molecule has 5 nitrogen and oxygen atoms in total. The van der Waals surface area contributed by atoms with E-state index in [1.54, 1.807) is 18.3 Å². The van der Waals surface area contributed by atoms with Crippen LogP contribution in [0.15, 0.2) is 18.3 Å². The Morgan fingerprint density at radius 3 is 2.82 bits per heavy atom. The molecule has 2 heterocycles. The minimum absolute atomic E-state index is 0.0848. The minimum Gasteiger partial charge on any atom is -0.397 e. The standard InChI is InChI=1S/C11H15N3O2S/c12-9-2-1-5-13-10(9)11(15)14-8-3-6-17(16)7-4-8/h1-2,5,8H,3-4,6-7,12H2,(H,14,15). The fourth-order valence-electron chi connectivity index (χ4n) is 1.80. The maximum absolute atomic E-state index is 11.9. The van der Waals surface area contributed by atoms with Gasteiger partial charge in [0.1, 0.15) is 0 Å². The summed E-state index contributed by atoms with van der Waals surface area (Å²) in [7, 11) is -0.716. The number of amides is 1. The van der Waals surface area contributed by atoms with E-state index < -0.39 is 10.8 Å². The van der Waals surface area contributed by atoms with Crippen molar-refractivity contribution in [3.63, 3.8) is 0 Å². The topological polar surface area (TPSA) is 85.1 Å². The molecule has 1 aliphatic heterocycles. The van der Waals surface area contributed by atoms with Gasteiger partial charge in [0.05, 0.1) is 5.69 Å². The van der Waals surface area contributed by atoms with Crippen molar-refractivity contribution < 1.29 is 9.00 Å². The van der Waals surface area contributed by atoms with Gasteiger partial charge in [0.25, 0.3) is 5.91 Å². The zero-order chi connectivity index (χ0) is 12.3. The van der Waals surface area contributed by atoms with Gasteiger partial charge in [-0.15, -0.1) is 0 Å². The van der Waals surface area contributed by atoms with Crippen molar-refractivity contribution in [2.75, 3.05) is 17.2 Å². The molecule has 2 rings (SSSR count). The van der Waals surface area contributed by atoms with Gasteiger partial charge in [-0.1, -0.05) is 0 Å². The molecular weight excluding hydrogens is 238 g/mol. The second-order valence-corrected chi connectivity index (χ2v) is 5.73. The molecule has 0 spiro atoms. The van der Waals surface area contributed by atoms with Crippen molar-refractivity contribution in [1.29, 1.82) is 0 Å².